The largest absolute Gasteiger partial charge is 0.384 e. The smallest absolute Gasteiger partial charge is 0.319 e. The Labute approximate surface area is 112 Å². The maximum absolute atomic E-state index is 11.7. The minimum atomic E-state index is -0.247. The van der Waals surface area contributed by atoms with Gasteiger partial charge in [-0.25, -0.2) is 4.79 Å². The number of aliphatic hydroxyl groups excluding tert-OH is 1. The van der Waals surface area contributed by atoms with Crippen LogP contribution in [0.3, 0.4) is 0 Å². The highest BCUT2D eigenvalue weighted by Gasteiger charge is 2.17. The van der Waals surface area contributed by atoms with Crippen molar-refractivity contribution < 1.29 is 14.6 Å². The second-order valence-corrected chi connectivity index (χ2v) is 4.20. The normalized spacial score (nSPS) is 17.4. The van der Waals surface area contributed by atoms with Crippen LogP contribution in [0.15, 0.2) is 24.3 Å². The number of anilines is 1. The third-order valence-corrected chi connectivity index (χ3v) is 2.70. The molecule has 1 heterocycles. The van der Waals surface area contributed by atoms with Gasteiger partial charge in [0.25, 0.3) is 0 Å². The second-order valence-electron chi connectivity index (χ2n) is 4.20. The second kappa shape index (κ2) is 6.78. The molecule has 0 bridgehead atoms. The number of benzene rings is 1. The van der Waals surface area contributed by atoms with Crippen molar-refractivity contribution in [3.05, 3.63) is 29.8 Å². The molecule has 1 fully saturated rings. The molecule has 1 saturated heterocycles. The topological polar surface area (TPSA) is 70.6 Å². The number of ether oxygens (including phenoxy) is 1. The summed E-state index contributed by atoms with van der Waals surface area (Å²) in [5.41, 5.74) is 1.41. The van der Waals surface area contributed by atoms with Crippen LogP contribution in [0.1, 0.15) is 12.0 Å². The minimum Gasteiger partial charge on any atom is -0.384 e. The highest BCUT2D eigenvalue weighted by Crippen LogP contribution is 2.10. The molecule has 0 aliphatic carbocycles. The van der Waals surface area contributed by atoms with Gasteiger partial charge in [0.1, 0.15) is 6.61 Å². The van der Waals surface area contributed by atoms with Crippen LogP contribution in [-0.2, 0) is 4.74 Å². The molecule has 19 heavy (non-hydrogen) atoms. The predicted octanol–water partition coefficient (Wildman–Crippen LogP) is 0.941. The van der Waals surface area contributed by atoms with Gasteiger partial charge in [-0.05, 0) is 24.6 Å². The third kappa shape index (κ3) is 4.28. The third-order valence-electron chi connectivity index (χ3n) is 2.70. The van der Waals surface area contributed by atoms with Crippen molar-refractivity contribution in [1.82, 2.24) is 5.32 Å². The molecule has 1 unspecified atom stereocenters. The van der Waals surface area contributed by atoms with Crippen molar-refractivity contribution in [3.63, 3.8) is 0 Å². The first-order valence-corrected chi connectivity index (χ1v) is 6.13. The quantitative estimate of drug-likeness (QED) is 0.693. The number of amides is 2. The van der Waals surface area contributed by atoms with E-state index in [0.29, 0.717) is 18.9 Å². The van der Waals surface area contributed by atoms with Crippen LogP contribution in [-0.4, -0.2) is 37.0 Å². The molecule has 0 aromatic heterocycles. The molecule has 0 spiro atoms. The van der Waals surface area contributed by atoms with Gasteiger partial charge in [0, 0.05) is 17.9 Å². The van der Waals surface area contributed by atoms with E-state index in [-0.39, 0.29) is 18.7 Å². The molecule has 1 aliphatic heterocycles. The van der Waals surface area contributed by atoms with Crippen LogP contribution in [0.2, 0.25) is 0 Å². The minimum absolute atomic E-state index is 0.0809. The summed E-state index contributed by atoms with van der Waals surface area (Å²) in [6, 6.07) is 6.99. The van der Waals surface area contributed by atoms with E-state index in [1.165, 1.54) is 0 Å². The van der Waals surface area contributed by atoms with Gasteiger partial charge in [0.2, 0.25) is 0 Å². The van der Waals surface area contributed by atoms with Gasteiger partial charge in [0.15, 0.2) is 0 Å². The van der Waals surface area contributed by atoms with Gasteiger partial charge in [-0.1, -0.05) is 17.9 Å². The molecule has 0 saturated carbocycles. The number of aliphatic hydroxyl groups is 1. The van der Waals surface area contributed by atoms with Crippen molar-refractivity contribution in [2.45, 2.75) is 12.5 Å². The van der Waals surface area contributed by atoms with Gasteiger partial charge < -0.3 is 20.5 Å². The fraction of sp³-hybridized carbons (Fsp3) is 0.357. The van der Waals surface area contributed by atoms with Crippen LogP contribution in [0.25, 0.3) is 0 Å². The van der Waals surface area contributed by atoms with Crippen LogP contribution < -0.4 is 10.6 Å². The maximum Gasteiger partial charge on any atom is 0.319 e. The first kappa shape index (κ1) is 13.4. The van der Waals surface area contributed by atoms with Gasteiger partial charge in [-0.15, -0.1) is 0 Å². The Morgan fingerprint density at radius 3 is 3.16 bits per heavy atom. The number of carbonyl (C=O) groups is 1. The number of rotatable bonds is 2. The SMILES string of the molecule is O=C(Nc1cccc(C#CCO)c1)NC1CCOC1. The van der Waals surface area contributed by atoms with Gasteiger partial charge in [-0.3, -0.25) is 0 Å². The average molecular weight is 260 g/mol. The Hall–Kier alpha value is -2.03. The summed E-state index contributed by atoms with van der Waals surface area (Å²) in [4.78, 5) is 11.7. The summed E-state index contributed by atoms with van der Waals surface area (Å²) in [5.74, 6) is 5.35. The van der Waals surface area contributed by atoms with Gasteiger partial charge in [-0.2, -0.15) is 0 Å². The van der Waals surface area contributed by atoms with Crippen molar-refractivity contribution >= 4 is 11.7 Å². The fourth-order valence-electron chi connectivity index (χ4n) is 1.82. The first-order valence-electron chi connectivity index (χ1n) is 6.13. The van der Waals surface area contributed by atoms with Crippen molar-refractivity contribution in [2.75, 3.05) is 25.1 Å². The number of hydrogen-bond acceptors (Lipinski definition) is 3. The van der Waals surface area contributed by atoms with Crippen molar-refractivity contribution in [3.8, 4) is 11.8 Å². The van der Waals surface area contributed by atoms with Crippen LogP contribution >= 0.6 is 0 Å². The maximum atomic E-state index is 11.7. The van der Waals surface area contributed by atoms with Crippen LogP contribution in [0.5, 0.6) is 0 Å². The van der Waals surface area contributed by atoms with E-state index in [9.17, 15) is 4.79 Å². The Morgan fingerprint density at radius 1 is 1.53 bits per heavy atom. The molecule has 2 amide bonds. The number of carbonyl (C=O) groups excluding carboxylic acids is 1. The molecule has 100 valence electrons. The zero-order chi connectivity index (χ0) is 13.5. The molecule has 1 atom stereocenters. The Kier molecular flexibility index (Phi) is 4.78. The van der Waals surface area contributed by atoms with Crippen LogP contribution in [0.4, 0.5) is 10.5 Å². The van der Waals surface area contributed by atoms with Gasteiger partial charge >= 0.3 is 6.03 Å². The zero-order valence-electron chi connectivity index (χ0n) is 10.5. The molecular weight excluding hydrogens is 244 g/mol. The van der Waals surface area contributed by atoms with E-state index in [1.54, 1.807) is 18.2 Å². The number of hydrogen-bond donors (Lipinski definition) is 3. The lowest BCUT2D eigenvalue weighted by molar-refractivity contribution is 0.189. The molecule has 5 heteroatoms. The average Bonchev–Trinajstić information content (AvgIpc) is 2.89. The Bertz CT molecular complexity index is 499. The molecule has 1 aromatic rings. The molecule has 0 radical (unpaired) electrons. The summed E-state index contributed by atoms with van der Waals surface area (Å²) < 4.78 is 5.19. The van der Waals surface area contributed by atoms with E-state index < -0.39 is 0 Å². The summed E-state index contributed by atoms with van der Waals surface area (Å²) in [6.07, 6.45) is 0.843. The van der Waals surface area contributed by atoms with Crippen molar-refractivity contribution in [1.29, 1.82) is 0 Å². The van der Waals surface area contributed by atoms with Crippen LogP contribution in [0, 0.1) is 11.8 Å². The standard InChI is InChI=1S/C14H16N2O3/c17-7-2-4-11-3-1-5-12(9-11)15-14(18)16-13-6-8-19-10-13/h1,3,5,9,13,17H,6-8,10H2,(H2,15,16,18). The summed E-state index contributed by atoms with van der Waals surface area (Å²) in [5, 5.41) is 14.2. The lowest BCUT2D eigenvalue weighted by Gasteiger charge is -2.11. The van der Waals surface area contributed by atoms with E-state index in [1.807, 2.05) is 6.07 Å². The summed E-state index contributed by atoms with van der Waals surface area (Å²) >= 11 is 0. The highest BCUT2D eigenvalue weighted by atomic mass is 16.5. The van der Waals surface area contributed by atoms with E-state index in [0.717, 1.165) is 12.0 Å². The number of nitrogens with one attached hydrogen (secondary N) is 2. The fourth-order valence-corrected chi connectivity index (χ4v) is 1.82. The Balaban J connectivity index is 1.92. The Morgan fingerprint density at radius 2 is 2.42 bits per heavy atom. The first-order chi connectivity index (χ1) is 9.28. The lowest BCUT2D eigenvalue weighted by Crippen LogP contribution is -2.38. The molecule has 2 rings (SSSR count). The van der Waals surface area contributed by atoms with E-state index in [2.05, 4.69) is 22.5 Å². The predicted molar refractivity (Wildman–Crippen MR) is 71.8 cm³/mol. The lowest BCUT2D eigenvalue weighted by atomic mass is 10.2. The van der Waals surface area contributed by atoms with E-state index in [4.69, 9.17) is 9.84 Å². The number of urea groups is 1. The molecule has 1 aromatic carbocycles. The monoisotopic (exact) mass is 260 g/mol. The summed E-state index contributed by atoms with van der Waals surface area (Å²) in [7, 11) is 0. The highest BCUT2D eigenvalue weighted by molar-refractivity contribution is 5.89. The molecule has 1 aliphatic rings. The summed E-state index contributed by atoms with van der Waals surface area (Å²) in [6.45, 7) is 1.08. The van der Waals surface area contributed by atoms with Crippen molar-refractivity contribution in [2.24, 2.45) is 0 Å². The van der Waals surface area contributed by atoms with Gasteiger partial charge in [0.05, 0.1) is 12.6 Å². The molecular formula is C14H16N2O3. The zero-order valence-corrected chi connectivity index (χ0v) is 10.5. The molecule has 5 nitrogen and oxygen atoms in total. The van der Waals surface area contributed by atoms with E-state index >= 15 is 0 Å². The molecule has 3 N–H and O–H groups in total.